The first-order valence-corrected chi connectivity index (χ1v) is 6.18. The second kappa shape index (κ2) is 6.40. The Hall–Kier alpha value is -1.55. The quantitative estimate of drug-likeness (QED) is 0.870. The molecule has 1 unspecified atom stereocenters. The molecule has 0 aliphatic rings. The number of nitrogens with two attached hydrogens (primary N) is 1. The number of ether oxygens (including phenoxy) is 1. The van der Waals surface area contributed by atoms with E-state index in [-0.39, 0.29) is 11.8 Å². The molecule has 1 aromatic rings. The van der Waals surface area contributed by atoms with Crippen LogP contribution in [0.1, 0.15) is 20.3 Å². The van der Waals surface area contributed by atoms with Crippen molar-refractivity contribution < 1.29 is 9.53 Å². The zero-order valence-electron chi connectivity index (χ0n) is 11.5. The zero-order valence-corrected chi connectivity index (χ0v) is 11.5. The van der Waals surface area contributed by atoms with E-state index in [1.807, 2.05) is 38.1 Å². The number of hydrogen-bond acceptors (Lipinski definition) is 3. The monoisotopic (exact) mass is 250 g/mol. The molecule has 1 aromatic carbocycles. The number of nitrogens with zero attached hydrogens (tertiary/aromatic N) is 1. The smallest absolute Gasteiger partial charge is 0.243 e. The van der Waals surface area contributed by atoms with E-state index >= 15 is 0 Å². The highest BCUT2D eigenvalue weighted by atomic mass is 16.5. The lowest BCUT2D eigenvalue weighted by atomic mass is 9.99. The Morgan fingerprint density at radius 2 is 2.17 bits per heavy atom. The third kappa shape index (κ3) is 3.23. The van der Waals surface area contributed by atoms with Gasteiger partial charge in [0.05, 0.1) is 13.2 Å². The number of benzene rings is 1. The molecule has 0 radical (unpaired) electrons. The summed E-state index contributed by atoms with van der Waals surface area (Å²) in [6, 6.07) is 6.92. The first-order chi connectivity index (χ1) is 8.51. The maximum absolute atomic E-state index is 12.2. The number of methoxy groups -OCH3 is 1. The lowest BCUT2D eigenvalue weighted by molar-refractivity contribution is -0.120. The van der Waals surface area contributed by atoms with Gasteiger partial charge in [-0.2, -0.15) is 0 Å². The van der Waals surface area contributed by atoms with Crippen LogP contribution in [0, 0.1) is 5.92 Å². The molecule has 0 heterocycles. The molecular weight excluding hydrogens is 228 g/mol. The van der Waals surface area contributed by atoms with Crippen LogP contribution >= 0.6 is 0 Å². The fourth-order valence-corrected chi connectivity index (χ4v) is 1.67. The van der Waals surface area contributed by atoms with Crippen molar-refractivity contribution in [2.75, 3.05) is 19.1 Å². The van der Waals surface area contributed by atoms with Crippen LogP contribution in [0.2, 0.25) is 0 Å². The molecule has 1 amide bonds. The largest absolute Gasteiger partial charge is 0.497 e. The number of hydrogen-bond donors (Lipinski definition) is 1. The normalized spacial score (nSPS) is 13.8. The van der Waals surface area contributed by atoms with E-state index in [0.717, 1.165) is 17.9 Å². The van der Waals surface area contributed by atoms with Crippen LogP contribution in [0.25, 0.3) is 0 Å². The molecule has 0 spiro atoms. The standard InChI is InChI=1S/C14H22N2O2/c1-5-10(2)13(15)14(17)16(3)11-7-6-8-12(9-11)18-4/h6-10,13H,5,15H2,1-4H3/t10?,13-/m0/s1. The summed E-state index contributed by atoms with van der Waals surface area (Å²) in [6.45, 7) is 4.02. The maximum Gasteiger partial charge on any atom is 0.243 e. The van der Waals surface area contributed by atoms with Crippen LogP contribution < -0.4 is 15.4 Å². The molecule has 0 fully saturated rings. The Kier molecular flexibility index (Phi) is 5.16. The van der Waals surface area contributed by atoms with Crippen LogP contribution in [-0.2, 0) is 4.79 Å². The summed E-state index contributed by atoms with van der Waals surface area (Å²) in [4.78, 5) is 13.8. The van der Waals surface area contributed by atoms with Crippen LogP contribution in [0.15, 0.2) is 24.3 Å². The molecule has 4 nitrogen and oxygen atoms in total. The van der Waals surface area contributed by atoms with Gasteiger partial charge in [-0.15, -0.1) is 0 Å². The Morgan fingerprint density at radius 1 is 1.50 bits per heavy atom. The van der Waals surface area contributed by atoms with E-state index in [1.54, 1.807) is 19.1 Å². The van der Waals surface area contributed by atoms with Crippen LogP contribution in [0.5, 0.6) is 5.75 Å². The molecule has 18 heavy (non-hydrogen) atoms. The van der Waals surface area contributed by atoms with Gasteiger partial charge in [-0.3, -0.25) is 4.79 Å². The summed E-state index contributed by atoms with van der Waals surface area (Å²) in [7, 11) is 3.34. The van der Waals surface area contributed by atoms with Gasteiger partial charge < -0.3 is 15.4 Å². The Labute approximate surface area is 109 Å². The van der Waals surface area contributed by atoms with Gasteiger partial charge in [-0.25, -0.2) is 0 Å². The average molecular weight is 250 g/mol. The summed E-state index contributed by atoms with van der Waals surface area (Å²) in [5.41, 5.74) is 6.75. The van der Waals surface area contributed by atoms with E-state index in [9.17, 15) is 4.79 Å². The third-order valence-electron chi connectivity index (χ3n) is 3.31. The molecule has 4 heteroatoms. The zero-order chi connectivity index (χ0) is 13.7. The fraction of sp³-hybridized carbons (Fsp3) is 0.500. The second-order valence-electron chi connectivity index (χ2n) is 4.51. The van der Waals surface area contributed by atoms with Crippen molar-refractivity contribution in [3.05, 3.63) is 24.3 Å². The van der Waals surface area contributed by atoms with Gasteiger partial charge in [-0.05, 0) is 18.1 Å². The molecule has 2 N–H and O–H groups in total. The van der Waals surface area contributed by atoms with Crippen molar-refractivity contribution in [3.8, 4) is 5.75 Å². The summed E-state index contributed by atoms with van der Waals surface area (Å²) < 4.78 is 5.14. The number of amides is 1. The first-order valence-electron chi connectivity index (χ1n) is 6.18. The predicted molar refractivity (Wildman–Crippen MR) is 73.8 cm³/mol. The summed E-state index contributed by atoms with van der Waals surface area (Å²) >= 11 is 0. The fourth-order valence-electron chi connectivity index (χ4n) is 1.67. The van der Waals surface area contributed by atoms with Crippen molar-refractivity contribution in [3.63, 3.8) is 0 Å². The summed E-state index contributed by atoms with van der Waals surface area (Å²) in [6.07, 6.45) is 0.888. The van der Waals surface area contributed by atoms with Crippen molar-refractivity contribution >= 4 is 11.6 Å². The van der Waals surface area contributed by atoms with Crippen molar-refractivity contribution in [2.24, 2.45) is 11.7 Å². The molecule has 1 rings (SSSR count). The van der Waals surface area contributed by atoms with E-state index < -0.39 is 6.04 Å². The van der Waals surface area contributed by atoms with Gasteiger partial charge in [0.1, 0.15) is 5.75 Å². The highest BCUT2D eigenvalue weighted by Gasteiger charge is 2.23. The van der Waals surface area contributed by atoms with Crippen LogP contribution in [0.3, 0.4) is 0 Å². The SMILES string of the molecule is CCC(C)[C@H](N)C(=O)N(C)c1cccc(OC)c1. The molecule has 0 aromatic heterocycles. The van der Waals surface area contributed by atoms with Gasteiger partial charge in [-0.1, -0.05) is 26.3 Å². The van der Waals surface area contributed by atoms with Gasteiger partial charge in [0.2, 0.25) is 5.91 Å². The van der Waals surface area contributed by atoms with Crippen LogP contribution in [0.4, 0.5) is 5.69 Å². The van der Waals surface area contributed by atoms with Crippen molar-refractivity contribution in [1.29, 1.82) is 0 Å². The van der Waals surface area contributed by atoms with E-state index in [1.165, 1.54) is 0 Å². The average Bonchev–Trinajstić information content (AvgIpc) is 2.43. The molecular formula is C14H22N2O2. The summed E-state index contributed by atoms with van der Waals surface area (Å²) in [5.74, 6) is 0.826. The molecule has 2 atom stereocenters. The van der Waals surface area contributed by atoms with Crippen LogP contribution in [-0.4, -0.2) is 26.1 Å². The summed E-state index contributed by atoms with van der Waals surface area (Å²) in [5, 5.41) is 0. The molecule has 0 aliphatic heterocycles. The maximum atomic E-state index is 12.2. The number of anilines is 1. The van der Waals surface area contributed by atoms with E-state index in [2.05, 4.69) is 0 Å². The third-order valence-corrected chi connectivity index (χ3v) is 3.31. The van der Waals surface area contributed by atoms with Gasteiger partial charge in [0.25, 0.3) is 0 Å². The van der Waals surface area contributed by atoms with Gasteiger partial charge in [0.15, 0.2) is 0 Å². The lowest BCUT2D eigenvalue weighted by Crippen LogP contribution is -2.45. The molecule has 0 aliphatic carbocycles. The Balaban J connectivity index is 2.85. The molecule has 100 valence electrons. The molecule has 0 saturated heterocycles. The number of likely N-dealkylation sites (N-methyl/N-ethyl adjacent to an activating group) is 1. The van der Waals surface area contributed by atoms with Crippen molar-refractivity contribution in [1.82, 2.24) is 0 Å². The topological polar surface area (TPSA) is 55.6 Å². The lowest BCUT2D eigenvalue weighted by Gasteiger charge is -2.24. The van der Waals surface area contributed by atoms with E-state index in [0.29, 0.717) is 0 Å². The Bertz CT molecular complexity index is 407. The number of carbonyl (C=O) groups is 1. The van der Waals surface area contributed by atoms with Gasteiger partial charge in [0, 0.05) is 18.8 Å². The second-order valence-corrected chi connectivity index (χ2v) is 4.51. The van der Waals surface area contributed by atoms with Crippen molar-refractivity contribution in [2.45, 2.75) is 26.3 Å². The van der Waals surface area contributed by atoms with Gasteiger partial charge >= 0.3 is 0 Å². The minimum absolute atomic E-state index is 0.0717. The number of carbonyl (C=O) groups excluding carboxylic acids is 1. The molecule has 0 saturated carbocycles. The first kappa shape index (κ1) is 14.5. The molecule has 0 bridgehead atoms. The Morgan fingerprint density at radius 3 is 2.72 bits per heavy atom. The van der Waals surface area contributed by atoms with E-state index in [4.69, 9.17) is 10.5 Å². The minimum atomic E-state index is -0.466. The minimum Gasteiger partial charge on any atom is -0.497 e. The highest BCUT2D eigenvalue weighted by Crippen LogP contribution is 2.21. The highest BCUT2D eigenvalue weighted by molar-refractivity contribution is 5.96. The number of rotatable bonds is 5. The predicted octanol–water partition coefficient (Wildman–Crippen LogP) is 2.03.